The minimum absolute atomic E-state index is 0.0640. The predicted molar refractivity (Wildman–Crippen MR) is 82.0 cm³/mol. The lowest BCUT2D eigenvalue weighted by Gasteiger charge is -2.26. The molecule has 1 saturated heterocycles. The van der Waals surface area contributed by atoms with Gasteiger partial charge >= 0.3 is 0 Å². The molecule has 1 aromatic heterocycles. The van der Waals surface area contributed by atoms with Crippen molar-refractivity contribution in [1.82, 2.24) is 20.0 Å². The van der Waals surface area contributed by atoms with E-state index in [0.29, 0.717) is 6.54 Å². The molecule has 0 saturated carbocycles. The molecule has 2 rings (SSSR count). The smallest absolute Gasteiger partial charge is 0.244 e. The Morgan fingerprint density at radius 3 is 2.71 bits per heavy atom. The number of nitrogens with one attached hydrogen (secondary N) is 1. The zero-order valence-electron chi connectivity index (χ0n) is 13.1. The molecule has 6 heteroatoms. The van der Waals surface area contributed by atoms with Gasteiger partial charge in [0.1, 0.15) is 0 Å². The predicted octanol–water partition coefficient (Wildman–Crippen LogP) is 0.499. The lowest BCUT2D eigenvalue weighted by Crippen LogP contribution is -2.41. The molecule has 116 valence electrons. The Kier molecular flexibility index (Phi) is 5.52. The lowest BCUT2D eigenvalue weighted by atomic mass is 10.2. The fraction of sp³-hybridized carbons (Fsp3) is 0.600. The Balaban J connectivity index is 1.77. The van der Waals surface area contributed by atoms with Crippen molar-refractivity contribution in [1.29, 1.82) is 0 Å². The Bertz CT molecular complexity index is 516. The summed E-state index contributed by atoms with van der Waals surface area (Å²) in [7, 11) is 1.90. The SMILES string of the molecule is Cc1nn(C)c(C)c1C=CC(=O)NCCN1CCOCC1. The quantitative estimate of drug-likeness (QED) is 0.803. The monoisotopic (exact) mass is 292 g/mol. The number of hydrogen-bond acceptors (Lipinski definition) is 4. The molecule has 0 spiro atoms. The van der Waals surface area contributed by atoms with Crippen LogP contribution in [0.4, 0.5) is 0 Å². The topological polar surface area (TPSA) is 59.4 Å². The summed E-state index contributed by atoms with van der Waals surface area (Å²) in [5, 5.41) is 7.24. The first-order chi connectivity index (χ1) is 10.1. The second kappa shape index (κ2) is 7.38. The van der Waals surface area contributed by atoms with Gasteiger partial charge in [-0.05, 0) is 19.9 Å². The molecule has 1 amide bonds. The summed E-state index contributed by atoms with van der Waals surface area (Å²) in [6.07, 6.45) is 3.41. The number of rotatable bonds is 5. The highest BCUT2D eigenvalue weighted by atomic mass is 16.5. The summed E-state index contributed by atoms with van der Waals surface area (Å²) in [5.74, 6) is -0.0640. The van der Waals surface area contributed by atoms with Crippen molar-refractivity contribution in [2.24, 2.45) is 7.05 Å². The van der Waals surface area contributed by atoms with Gasteiger partial charge in [-0.2, -0.15) is 5.10 Å². The third-order valence-corrected chi connectivity index (χ3v) is 3.80. The largest absolute Gasteiger partial charge is 0.379 e. The number of carbonyl (C=O) groups excluding carboxylic acids is 1. The van der Waals surface area contributed by atoms with Crippen LogP contribution in [0.2, 0.25) is 0 Å². The maximum atomic E-state index is 11.8. The van der Waals surface area contributed by atoms with Gasteiger partial charge < -0.3 is 10.1 Å². The van der Waals surface area contributed by atoms with Crippen LogP contribution in [0.15, 0.2) is 6.08 Å². The molecular weight excluding hydrogens is 268 g/mol. The average molecular weight is 292 g/mol. The number of amides is 1. The highest BCUT2D eigenvalue weighted by Gasteiger charge is 2.10. The van der Waals surface area contributed by atoms with E-state index >= 15 is 0 Å². The van der Waals surface area contributed by atoms with Crippen molar-refractivity contribution >= 4 is 12.0 Å². The van der Waals surface area contributed by atoms with Crippen LogP contribution in [-0.4, -0.2) is 60.0 Å². The summed E-state index contributed by atoms with van der Waals surface area (Å²) in [4.78, 5) is 14.1. The molecule has 1 aromatic rings. The van der Waals surface area contributed by atoms with Crippen LogP contribution in [0.3, 0.4) is 0 Å². The summed E-state index contributed by atoms with van der Waals surface area (Å²) >= 11 is 0. The summed E-state index contributed by atoms with van der Waals surface area (Å²) in [6, 6.07) is 0. The number of aromatic nitrogens is 2. The van der Waals surface area contributed by atoms with E-state index in [1.54, 1.807) is 6.08 Å². The van der Waals surface area contributed by atoms with Gasteiger partial charge in [-0.3, -0.25) is 14.4 Å². The first-order valence-corrected chi connectivity index (χ1v) is 7.34. The molecule has 1 N–H and O–H groups in total. The zero-order chi connectivity index (χ0) is 15.2. The van der Waals surface area contributed by atoms with Gasteiger partial charge in [0.2, 0.25) is 5.91 Å². The van der Waals surface area contributed by atoms with E-state index in [-0.39, 0.29) is 5.91 Å². The van der Waals surface area contributed by atoms with E-state index in [4.69, 9.17) is 4.74 Å². The van der Waals surface area contributed by atoms with E-state index in [0.717, 1.165) is 49.8 Å². The van der Waals surface area contributed by atoms with Gasteiger partial charge in [0.05, 0.1) is 18.9 Å². The molecule has 0 bridgehead atoms. The normalized spacial score (nSPS) is 16.5. The fourth-order valence-corrected chi connectivity index (χ4v) is 2.41. The second-order valence-corrected chi connectivity index (χ2v) is 5.29. The van der Waals surface area contributed by atoms with Crippen molar-refractivity contribution in [3.63, 3.8) is 0 Å². The van der Waals surface area contributed by atoms with Crippen molar-refractivity contribution in [3.05, 3.63) is 23.0 Å². The molecule has 2 heterocycles. The van der Waals surface area contributed by atoms with Gasteiger partial charge in [0, 0.05) is 50.6 Å². The summed E-state index contributed by atoms with van der Waals surface area (Å²) in [6.45, 7) is 8.93. The highest BCUT2D eigenvalue weighted by molar-refractivity contribution is 5.91. The molecule has 1 aliphatic rings. The van der Waals surface area contributed by atoms with Crippen molar-refractivity contribution in [2.45, 2.75) is 13.8 Å². The van der Waals surface area contributed by atoms with Gasteiger partial charge in [0.25, 0.3) is 0 Å². The van der Waals surface area contributed by atoms with E-state index in [1.807, 2.05) is 31.7 Å². The number of carbonyl (C=O) groups is 1. The van der Waals surface area contributed by atoms with Crippen LogP contribution in [-0.2, 0) is 16.6 Å². The minimum Gasteiger partial charge on any atom is -0.379 e. The third-order valence-electron chi connectivity index (χ3n) is 3.80. The number of morpholine rings is 1. The van der Waals surface area contributed by atoms with E-state index in [9.17, 15) is 4.79 Å². The summed E-state index contributed by atoms with van der Waals surface area (Å²) in [5.41, 5.74) is 3.01. The number of hydrogen-bond donors (Lipinski definition) is 1. The molecule has 0 atom stereocenters. The fourth-order valence-electron chi connectivity index (χ4n) is 2.41. The van der Waals surface area contributed by atoms with Gasteiger partial charge in [-0.15, -0.1) is 0 Å². The van der Waals surface area contributed by atoms with Crippen LogP contribution in [0.1, 0.15) is 17.0 Å². The van der Waals surface area contributed by atoms with Crippen LogP contribution in [0.25, 0.3) is 6.08 Å². The molecule has 0 aliphatic carbocycles. The lowest BCUT2D eigenvalue weighted by molar-refractivity contribution is -0.116. The molecule has 21 heavy (non-hydrogen) atoms. The van der Waals surface area contributed by atoms with E-state index in [1.165, 1.54) is 0 Å². The van der Waals surface area contributed by atoms with Crippen LogP contribution in [0.5, 0.6) is 0 Å². The second-order valence-electron chi connectivity index (χ2n) is 5.29. The van der Waals surface area contributed by atoms with Gasteiger partial charge in [-0.25, -0.2) is 0 Å². The van der Waals surface area contributed by atoms with Crippen molar-refractivity contribution < 1.29 is 9.53 Å². The first-order valence-electron chi connectivity index (χ1n) is 7.34. The van der Waals surface area contributed by atoms with Crippen LogP contribution >= 0.6 is 0 Å². The Labute approximate surface area is 125 Å². The van der Waals surface area contributed by atoms with E-state index in [2.05, 4.69) is 15.3 Å². The maximum Gasteiger partial charge on any atom is 0.244 e. The number of aryl methyl sites for hydroxylation is 2. The number of ether oxygens (including phenoxy) is 1. The Hall–Kier alpha value is -1.66. The average Bonchev–Trinajstić information content (AvgIpc) is 2.71. The molecule has 6 nitrogen and oxygen atoms in total. The van der Waals surface area contributed by atoms with E-state index < -0.39 is 0 Å². The van der Waals surface area contributed by atoms with Crippen LogP contribution in [0, 0.1) is 13.8 Å². The minimum atomic E-state index is -0.0640. The van der Waals surface area contributed by atoms with Gasteiger partial charge in [0.15, 0.2) is 0 Å². The van der Waals surface area contributed by atoms with Gasteiger partial charge in [-0.1, -0.05) is 0 Å². The third kappa shape index (κ3) is 4.41. The van der Waals surface area contributed by atoms with Crippen LogP contribution < -0.4 is 5.32 Å². The zero-order valence-corrected chi connectivity index (χ0v) is 13.1. The van der Waals surface area contributed by atoms with Crippen molar-refractivity contribution in [2.75, 3.05) is 39.4 Å². The van der Waals surface area contributed by atoms with Crippen molar-refractivity contribution in [3.8, 4) is 0 Å². The number of nitrogens with zero attached hydrogens (tertiary/aromatic N) is 3. The standard InChI is InChI=1S/C15H24N4O2/c1-12-14(13(2)18(3)17-12)4-5-15(20)16-6-7-19-8-10-21-11-9-19/h4-5H,6-11H2,1-3H3,(H,16,20). The molecule has 0 aromatic carbocycles. The molecular formula is C15H24N4O2. The maximum absolute atomic E-state index is 11.8. The summed E-state index contributed by atoms with van der Waals surface area (Å²) < 4.78 is 7.12. The highest BCUT2D eigenvalue weighted by Crippen LogP contribution is 2.13. The molecule has 1 fully saturated rings. The Morgan fingerprint density at radius 1 is 1.38 bits per heavy atom. The first kappa shape index (κ1) is 15.7. The molecule has 0 radical (unpaired) electrons. The Morgan fingerprint density at radius 2 is 2.10 bits per heavy atom. The molecule has 1 aliphatic heterocycles. The molecule has 0 unspecified atom stereocenters.